The Labute approximate surface area is 96.0 Å². The summed E-state index contributed by atoms with van der Waals surface area (Å²) in [6.45, 7) is 9.34. The van der Waals surface area contributed by atoms with Gasteiger partial charge in [-0.2, -0.15) is 5.10 Å². The van der Waals surface area contributed by atoms with Crippen molar-refractivity contribution < 1.29 is 0 Å². The van der Waals surface area contributed by atoms with Gasteiger partial charge in [-0.25, -0.2) is 14.7 Å². The number of nitrogens with one attached hydrogen (secondary N) is 1. The standard InChI is InChI=1S/C10H20N6/c1-5-16-8(13-7-14-16)6-12-9(11)15-10(2,3)4/h7H,5-6H2,1-4H3,(H3,11,12,15). The van der Waals surface area contributed by atoms with Crippen molar-refractivity contribution >= 4 is 5.96 Å². The van der Waals surface area contributed by atoms with Gasteiger partial charge in [0.1, 0.15) is 18.7 Å². The van der Waals surface area contributed by atoms with Gasteiger partial charge in [-0.05, 0) is 27.7 Å². The van der Waals surface area contributed by atoms with Crippen molar-refractivity contribution in [1.29, 1.82) is 0 Å². The van der Waals surface area contributed by atoms with Crippen molar-refractivity contribution in [3.8, 4) is 0 Å². The monoisotopic (exact) mass is 224 g/mol. The molecular formula is C10H20N6. The molecule has 0 aliphatic heterocycles. The molecule has 0 aromatic carbocycles. The summed E-state index contributed by atoms with van der Waals surface area (Å²) in [5.41, 5.74) is 5.67. The Bertz CT molecular complexity index is 360. The van der Waals surface area contributed by atoms with Gasteiger partial charge < -0.3 is 11.1 Å². The fraction of sp³-hybridized carbons (Fsp3) is 0.700. The average molecular weight is 224 g/mol. The molecule has 0 unspecified atom stereocenters. The molecule has 0 radical (unpaired) electrons. The zero-order valence-corrected chi connectivity index (χ0v) is 10.4. The average Bonchev–Trinajstić information content (AvgIpc) is 2.59. The Kier molecular flexibility index (Phi) is 3.87. The van der Waals surface area contributed by atoms with E-state index in [-0.39, 0.29) is 5.54 Å². The van der Waals surface area contributed by atoms with Gasteiger partial charge in [-0.1, -0.05) is 0 Å². The predicted molar refractivity (Wildman–Crippen MR) is 63.9 cm³/mol. The van der Waals surface area contributed by atoms with Crippen molar-refractivity contribution in [1.82, 2.24) is 20.1 Å². The molecule has 6 heteroatoms. The molecule has 16 heavy (non-hydrogen) atoms. The van der Waals surface area contributed by atoms with Crippen LogP contribution in [0.1, 0.15) is 33.5 Å². The van der Waals surface area contributed by atoms with E-state index in [1.807, 2.05) is 27.7 Å². The summed E-state index contributed by atoms with van der Waals surface area (Å²) in [6, 6.07) is 0. The van der Waals surface area contributed by atoms with Crippen LogP contribution in [0.15, 0.2) is 11.3 Å². The second kappa shape index (κ2) is 4.96. The van der Waals surface area contributed by atoms with Gasteiger partial charge in [-0.15, -0.1) is 0 Å². The van der Waals surface area contributed by atoms with Gasteiger partial charge in [0, 0.05) is 12.1 Å². The zero-order valence-electron chi connectivity index (χ0n) is 10.4. The van der Waals surface area contributed by atoms with Crippen molar-refractivity contribution in [3.63, 3.8) is 0 Å². The fourth-order valence-electron chi connectivity index (χ4n) is 1.25. The summed E-state index contributed by atoms with van der Waals surface area (Å²) in [6.07, 6.45) is 1.53. The first-order valence-corrected chi connectivity index (χ1v) is 5.37. The van der Waals surface area contributed by atoms with Crippen LogP contribution in [0.25, 0.3) is 0 Å². The Balaban J connectivity index is 2.59. The van der Waals surface area contributed by atoms with Crippen molar-refractivity contribution in [3.05, 3.63) is 12.2 Å². The predicted octanol–water partition coefficient (Wildman–Crippen LogP) is 0.501. The Morgan fingerprint density at radius 2 is 2.25 bits per heavy atom. The van der Waals surface area contributed by atoms with Crippen LogP contribution >= 0.6 is 0 Å². The quantitative estimate of drug-likeness (QED) is 0.578. The van der Waals surface area contributed by atoms with E-state index in [4.69, 9.17) is 5.73 Å². The number of nitrogens with two attached hydrogens (primary N) is 1. The third-order valence-electron chi connectivity index (χ3n) is 1.89. The second-order valence-corrected chi connectivity index (χ2v) is 4.57. The molecule has 6 nitrogen and oxygen atoms in total. The van der Waals surface area contributed by atoms with Crippen LogP contribution in [0.5, 0.6) is 0 Å². The molecule has 0 aliphatic carbocycles. The Hall–Kier alpha value is -1.59. The van der Waals surface area contributed by atoms with E-state index in [9.17, 15) is 0 Å². The smallest absolute Gasteiger partial charge is 0.189 e. The molecule has 3 N–H and O–H groups in total. The number of guanidine groups is 1. The molecular weight excluding hydrogens is 204 g/mol. The summed E-state index contributed by atoms with van der Waals surface area (Å²) >= 11 is 0. The molecule has 0 atom stereocenters. The first-order valence-electron chi connectivity index (χ1n) is 5.37. The van der Waals surface area contributed by atoms with E-state index < -0.39 is 0 Å². The SMILES string of the molecule is CCn1ncnc1CN=C(N)NC(C)(C)C. The summed E-state index contributed by atoms with van der Waals surface area (Å²) in [7, 11) is 0. The number of aromatic nitrogens is 3. The highest BCUT2D eigenvalue weighted by atomic mass is 15.3. The highest BCUT2D eigenvalue weighted by Crippen LogP contribution is 1.99. The summed E-state index contributed by atoms with van der Waals surface area (Å²) in [4.78, 5) is 8.34. The van der Waals surface area contributed by atoms with Crippen LogP contribution in [0, 0.1) is 0 Å². The zero-order chi connectivity index (χ0) is 12.2. The topological polar surface area (TPSA) is 81.1 Å². The van der Waals surface area contributed by atoms with E-state index in [0.29, 0.717) is 12.5 Å². The third-order valence-corrected chi connectivity index (χ3v) is 1.89. The molecule has 1 rings (SSSR count). The maximum absolute atomic E-state index is 5.75. The molecule has 0 saturated heterocycles. The van der Waals surface area contributed by atoms with Crippen LogP contribution in [-0.4, -0.2) is 26.3 Å². The Morgan fingerprint density at radius 1 is 1.56 bits per heavy atom. The number of hydrogen-bond acceptors (Lipinski definition) is 3. The van der Waals surface area contributed by atoms with Gasteiger partial charge in [0.25, 0.3) is 0 Å². The van der Waals surface area contributed by atoms with Crippen LogP contribution in [0.3, 0.4) is 0 Å². The number of rotatable bonds is 3. The molecule has 0 saturated carbocycles. The normalized spacial score (nSPS) is 12.9. The van der Waals surface area contributed by atoms with Gasteiger partial charge >= 0.3 is 0 Å². The van der Waals surface area contributed by atoms with Gasteiger partial charge in [0.2, 0.25) is 0 Å². The maximum atomic E-state index is 5.75. The van der Waals surface area contributed by atoms with E-state index in [2.05, 4.69) is 20.4 Å². The minimum Gasteiger partial charge on any atom is -0.370 e. The largest absolute Gasteiger partial charge is 0.370 e. The highest BCUT2D eigenvalue weighted by Gasteiger charge is 2.10. The van der Waals surface area contributed by atoms with Crippen molar-refractivity contribution in [2.75, 3.05) is 0 Å². The lowest BCUT2D eigenvalue weighted by molar-refractivity contribution is 0.507. The van der Waals surface area contributed by atoms with E-state index in [0.717, 1.165) is 12.4 Å². The molecule has 0 amide bonds. The van der Waals surface area contributed by atoms with Crippen molar-refractivity contribution in [2.45, 2.75) is 46.3 Å². The van der Waals surface area contributed by atoms with Crippen LogP contribution in [0.2, 0.25) is 0 Å². The van der Waals surface area contributed by atoms with Crippen molar-refractivity contribution in [2.24, 2.45) is 10.7 Å². The summed E-state index contributed by atoms with van der Waals surface area (Å²) in [5.74, 6) is 1.25. The lowest BCUT2D eigenvalue weighted by Gasteiger charge is -2.20. The molecule has 1 aromatic heterocycles. The fourth-order valence-corrected chi connectivity index (χ4v) is 1.25. The van der Waals surface area contributed by atoms with Gasteiger partial charge in [0.05, 0.1) is 0 Å². The molecule has 1 aromatic rings. The van der Waals surface area contributed by atoms with E-state index in [1.54, 1.807) is 4.68 Å². The number of hydrogen-bond donors (Lipinski definition) is 2. The maximum Gasteiger partial charge on any atom is 0.189 e. The summed E-state index contributed by atoms with van der Waals surface area (Å²) in [5, 5.41) is 7.15. The molecule has 90 valence electrons. The molecule has 0 spiro atoms. The molecule has 0 fully saturated rings. The molecule has 0 bridgehead atoms. The minimum atomic E-state index is -0.0774. The Morgan fingerprint density at radius 3 is 2.81 bits per heavy atom. The first kappa shape index (κ1) is 12.5. The van der Waals surface area contributed by atoms with Gasteiger partial charge in [-0.3, -0.25) is 0 Å². The lowest BCUT2D eigenvalue weighted by atomic mass is 10.1. The van der Waals surface area contributed by atoms with Gasteiger partial charge in [0.15, 0.2) is 5.96 Å². The summed E-state index contributed by atoms with van der Waals surface area (Å²) < 4.78 is 1.80. The molecule has 1 heterocycles. The minimum absolute atomic E-state index is 0.0774. The lowest BCUT2D eigenvalue weighted by Crippen LogP contribution is -2.45. The molecule has 0 aliphatic rings. The number of nitrogens with zero attached hydrogens (tertiary/aromatic N) is 4. The van der Waals surface area contributed by atoms with Crippen LogP contribution < -0.4 is 11.1 Å². The third kappa shape index (κ3) is 3.88. The number of aryl methyl sites for hydroxylation is 1. The van der Waals surface area contributed by atoms with Crippen LogP contribution in [-0.2, 0) is 13.1 Å². The van der Waals surface area contributed by atoms with E-state index in [1.165, 1.54) is 6.33 Å². The number of aliphatic imine (C=N–C) groups is 1. The first-order chi connectivity index (χ1) is 7.42. The second-order valence-electron chi connectivity index (χ2n) is 4.57. The highest BCUT2D eigenvalue weighted by molar-refractivity contribution is 5.78. The van der Waals surface area contributed by atoms with Crippen LogP contribution in [0.4, 0.5) is 0 Å². The van der Waals surface area contributed by atoms with E-state index >= 15 is 0 Å².